The summed E-state index contributed by atoms with van der Waals surface area (Å²) in [5, 5.41) is 17.7. The third-order valence-electron chi connectivity index (χ3n) is 6.49. The average Bonchev–Trinajstić information content (AvgIpc) is 3.60. The molecule has 0 bridgehead atoms. The van der Waals surface area contributed by atoms with Gasteiger partial charge >= 0.3 is 12.4 Å². The van der Waals surface area contributed by atoms with Crippen LogP contribution in [0.15, 0.2) is 72.0 Å². The normalized spacial score (nSPS) is 15.0. The Morgan fingerprint density at radius 2 is 1.91 bits per heavy atom. The van der Waals surface area contributed by atoms with Gasteiger partial charge in [0.1, 0.15) is 24.5 Å². The van der Waals surface area contributed by atoms with Crippen molar-refractivity contribution in [2.24, 2.45) is 4.99 Å². The highest BCUT2D eigenvalue weighted by molar-refractivity contribution is 8.15. The first-order chi connectivity index (χ1) is 21.5. The molecule has 2 heterocycles. The number of aryl methyl sites for hydroxylation is 2. The van der Waals surface area contributed by atoms with Crippen molar-refractivity contribution in [2.75, 3.05) is 16.0 Å². The van der Waals surface area contributed by atoms with Crippen LogP contribution in [0.25, 0.3) is 5.69 Å². The summed E-state index contributed by atoms with van der Waals surface area (Å²) in [6.45, 7) is 3.90. The number of nitrogens with zero attached hydrogens (tertiary/aromatic N) is 5. The maximum atomic E-state index is 14.9. The minimum absolute atomic E-state index is 0.0148. The topological polar surface area (TPSA) is 114 Å². The molecule has 1 amide bonds. The molecular formula is C30H28F4N6O4S. The standard InChI is InChI=1S/C30H28F4N6O4S/c1-3-4-20-7-5-18(2)13-25(20)40-26(41)16-45-29(40)37-27(42)36-24-12-6-19(14-23(24)31)15-43-28-35-17-39(38-28)21-8-10-22(11-9-21)44-30(32,33)34/h5-14,17,27,36,42H,3-4,15-16H2,1-2H3. The number of carbonyl (C=O) groups excluding carboxylic acids is 1. The number of aromatic nitrogens is 3. The van der Waals surface area contributed by atoms with Crippen molar-refractivity contribution in [1.29, 1.82) is 0 Å². The molecule has 15 heteroatoms. The lowest BCUT2D eigenvalue weighted by molar-refractivity contribution is -0.274. The number of hydrogen-bond donors (Lipinski definition) is 2. The zero-order chi connectivity index (χ0) is 32.1. The zero-order valence-electron chi connectivity index (χ0n) is 24.1. The molecule has 1 saturated heterocycles. The van der Waals surface area contributed by atoms with E-state index in [1.807, 2.05) is 25.1 Å². The predicted octanol–water partition coefficient (Wildman–Crippen LogP) is 5.97. The van der Waals surface area contributed by atoms with Crippen LogP contribution in [0.2, 0.25) is 0 Å². The summed E-state index contributed by atoms with van der Waals surface area (Å²) in [6, 6.07) is 15.1. The van der Waals surface area contributed by atoms with Gasteiger partial charge in [-0.1, -0.05) is 43.3 Å². The largest absolute Gasteiger partial charge is 0.573 e. The van der Waals surface area contributed by atoms with Gasteiger partial charge in [0, 0.05) is 0 Å². The van der Waals surface area contributed by atoms with Crippen LogP contribution in [0, 0.1) is 12.7 Å². The molecule has 1 aliphatic heterocycles. The van der Waals surface area contributed by atoms with Gasteiger partial charge in [-0.2, -0.15) is 4.98 Å². The summed E-state index contributed by atoms with van der Waals surface area (Å²) in [5.41, 5.74) is 3.54. The number of nitrogens with one attached hydrogen (secondary N) is 1. The second kappa shape index (κ2) is 13.6. The first kappa shape index (κ1) is 31.8. The third kappa shape index (κ3) is 8.10. The fourth-order valence-electron chi connectivity index (χ4n) is 4.49. The van der Waals surface area contributed by atoms with Gasteiger partial charge in [0.15, 0.2) is 5.17 Å². The van der Waals surface area contributed by atoms with Crippen molar-refractivity contribution in [3.05, 3.63) is 89.5 Å². The van der Waals surface area contributed by atoms with Gasteiger partial charge in [0.25, 0.3) is 0 Å². The van der Waals surface area contributed by atoms with Crippen LogP contribution in [-0.2, 0) is 17.8 Å². The number of carbonyl (C=O) groups is 1. The Bertz CT molecular complexity index is 1700. The maximum Gasteiger partial charge on any atom is 0.573 e. The minimum Gasteiger partial charge on any atom is -0.458 e. The van der Waals surface area contributed by atoms with Gasteiger partial charge in [0.05, 0.1) is 22.8 Å². The zero-order valence-corrected chi connectivity index (χ0v) is 24.9. The van der Waals surface area contributed by atoms with E-state index in [-0.39, 0.29) is 35.7 Å². The number of ether oxygens (including phenoxy) is 2. The number of thioether (sulfide) groups is 1. The van der Waals surface area contributed by atoms with Crippen molar-refractivity contribution in [3.8, 4) is 17.4 Å². The quantitative estimate of drug-likeness (QED) is 0.152. The van der Waals surface area contributed by atoms with Crippen LogP contribution in [0.1, 0.15) is 30.0 Å². The Morgan fingerprint density at radius 3 is 2.62 bits per heavy atom. The molecule has 236 valence electrons. The number of aliphatic hydroxyl groups is 1. The van der Waals surface area contributed by atoms with Crippen molar-refractivity contribution in [3.63, 3.8) is 0 Å². The summed E-state index contributed by atoms with van der Waals surface area (Å²) in [5.74, 6) is -1.03. The van der Waals surface area contributed by atoms with Gasteiger partial charge in [0.2, 0.25) is 12.3 Å². The average molecular weight is 645 g/mol. The molecule has 45 heavy (non-hydrogen) atoms. The summed E-state index contributed by atoms with van der Waals surface area (Å²) >= 11 is 1.19. The van der Waals surface area contributed by atoms with Crippen LogP contribution < -0.4 is 19.7 Å². The molecule has 1 unspecified atom stereocenters. The summed E-state index contributed by atoms with van der Waals surface area (Å²) in [6.07, 6.45) is -3.35. The van der Waals surface area contributed by atoms with Crippen LogP contribution in [0.5, 0.6) is 11.8 Å². The Hall–Kier alpha value is -4.63. The fraction of sp³-hybridized carbons (Fsp3) is 0.267. The lowest BCUT2D eigenvalue weighted by Crippen LogP contribution is -2.32. The molecule has 3 aromatic carbocycles. The number of aliphatic imine (C=N–C) groups is 1. The summed E-state index contributed by atoms with van der Waals surface area (Å²) in [4.78, 5) is 22.5. The molecule has 5 rings (SSSR count). The minimum atomic E-state index is -4.80. The number of benzene rings is 3. The molecule has 0 radical (unpaired) electrons. The van der Waals surface area contributed by atoms with Gasteiger partial charge in [-0.3, -0.25) is 9.69 Å². The number of anilines is 2. The maximum absolute atomic E-state index is 14.9. The fourth-order valence-corrected chi connectivity index (χ4v) is 5.37. The molecule has 10 nitrogen and oxygen atoms in total. The van der Waals surface area contributed by atoms with E-state index in [4.69, 9.17) is 4.74 Å². The summed E-state index contributed by atoms with van der Waals surface area (Å²) < 4.78 is 62.7. The Morgan fingerprint density at radius 1 is 1.13 bits per heavy atom. The van der Waals surface area contributed by atoms with Crippen molar-refractivity contribution >= 4 is 34.2 Å². The van der Waals surface area contributed by atoms with Gasteiger partial charge < -0.3 is 19.9 Å². The highest BCUT2D eigenvalue weighted by atomic mass is 32.2. The van der Waals surface area contributed by atoms with Crippen LogP contribution >= 0.6 is 11.8 Å². The molecule has 0 saturated carbocycles. The number of hydrogen-bond acceptors (Lipinski definition) is 9. The molecule has 4 aromatic rings. The van der Waals surface area contributed by atoms with E-state index in [0.717, 1.165) is 41.8 Å². The smallest absolute Gasteiger partial charge is 0.458 e. The first-order valence-electron chi connectivity index (χ1n) is 13.8. The van der Waals surface area contributed by atoms with Gasteiger partial charge in [-0.25, -0.2) is 14.1 Å². The number of amides is 1. The van der Waals surface area contributed by atoms with Crippen LogP contribution in [-0.4, -0.2) is 49.4 Å². The van der Waals surface area contributed by atoms with E-state index >= 15 is 0 Å². The van der Waals surface area contributed by atoms with Gasteiger partial charge in [-0.05, 0) is 72.5 Å². The van der Waals surface area contributed by atoms with Crippen molar-refractivity contribution < 1.29 is 36.9 Å². The molecule has 1 aliphatic rings. The highest BCUT2D eigenvalue weighted by Crippen LogP contribution is 2.32. The lowest BCUT2D eigenvalue weighted by Gasteiger charge is -2.21. The third-order valence-corrected chi connectivity index (χ3v) is 7.43. The van der Waals surface area contributed by atoms with Gasteiger partial charge in [-0.15, -0.1) is 18.3 Å². The number of alkyl halides is 3. The second-order valence-electron chi connectivity index (χ2n) is 9.95. The molecule has 0 aliphatic carbocycles. The lowest BCUT2D eigenvalue weighted by atomic mass is 10.0. The summed E-state index contributed by atoms with van der Waals surface area (Å²) in [7, 11) is 0. The van der Waals surface area contributed by atoms with E-state index < -0.39 is 18.5 Å². The van der Waals surface area contributed by atoms with E-state index in [1.165, 1.54) is 51.9 Å². The van der Waals surface area contributed by atoms with E-state index in [0.29, 0.717) is 16.4 Å². The van der Waals surface area contributed by atoms with Crippen LogP contribution in [0.4, 0.5) is 28.9 Å². The SMILES string of the molecule is CCCc1ccc(C)cc1N1C(=O)CSC1=NC(O)Nc1ccc(COc2ncn(-c3ccc(OC(F)(F)F)cc3)n2)cc1F. The number of rotatable bonds is 11. The number of aliphatic hydroxyl groups excluding tert-OH is 1. The molecular weight excluding hydrogens is 616 g/mol. The van der Waals surface area contributed by atoms with E-state index in [9.17, 15) is 27.5 Å². The highest BCUT2D eigenvalue weighted by Gasteiger charge is 2.32. The number of halogens is 4. The van der Waals surface area contributed by atoms with Crippen molar-refractivity contribution in [1.82, 2.24) is 14.8 Å². The monoisotopic (exact) mass is 644 g/mol. The molecule has 0 spiro atoms. The second-order valence-corrected chi connectivity index (χ2v) is 10.9. The first-order valence-corrected chi connectivity index (χ1v) is 14.7. The van der Waals surface area contributed by atoms with E-state index in [2.05, 4.69) is 32.1 Å². The Labute approximate surface area is 259 Å². The van der Waals surface area contributed by atoms with Crippen molar-refractivity contribution in [2.45, 2.75) is 46.0 Å². The molecule has 1 atom stereocenters. The Kier molecular flexibility index (Phi) is 9.58. The molecule has 1 fully saturated rings. The number of amidine groups is 1. The molecule has 2 N–H and O–H groups in total. The molecule has 1 aromatic heterocycles. The Balaban J connectivity index is 1.20. The predicted molar refractivity (Wildman–Crippen MR) is 161 cm³/mol. The van der Waals surface area contributed by atoms with Crippen LogP contribution in [0.3, 0.4) is 0 Å². The van der Waals surface area contributed by atoms with E-state index in [1.54, 1.807) is 6.07 Å².